The lowest BCUT2D eigenvalue weighted by Crippen LogP contribution is -2.42. The Kier molecular flexibility index (Phi) is 5.18. The molecule has 0 fully saturated rings. The summed E-state index contributed by atoms with van der Waals surface area (Å²) in [5, 5.41) is 12.3. The van der Waals surface area contributed by atoms with E-state index in [0.717, 1.165) is 11.1 Å². The number of methoxy groups -OCH3 is 1. The molecular weight excluding hydrogens is 370 g/mol. The number of nitrogens with one attached hydrogen (secondary N) is 3. The molecule has 0 saturated heterocycles. The van der Waals surface area contributed by atoms with Gasteiger partial charge in [-0.1, -0.05) is 18.2 Å². The molecule has 144 valence electrons. The van der Waals surface area contributed by atoms with Crippen LogP contribution in [-0.2, 0) is 11.3 Å². The Morgan fingerprint density at radius 2 is 1.86 bits per heavy atom. The van der Waals surface area contributed by atoms with Crippen molar-refractivity contribution < 1.29 is 14.5 Å². The van der Waals surface area contributed by atoms with Gasteiger partial charge in [-0.15, -0.1) is 0 Å². The summed E-state index contributed by atoms with van der Waals surface area (Å²) in [6.45, 7) is -0.0792. The molecule has 1 aromatic heterocycles. The fourth-order valence-corrected chi connectivity index (χ4v) is 2.62. The molecule has 0 bridgehead atoms. The number of hydrazine groups is 1. The van der Waals surface area contributed by atoms with Crippen LogP contribution in [0.5, 0.6) is 0 Å². The first-order valence-electron chi connectivity index (χ1n) is 8.01. The van der Waals surface area contributed by atoms with Crippen LogP contribution in [0, 0.1) is 10.1 Å². The average molecular weight is 385 g/mol. The fraction of sp³-hybridized carbons (Fsp3) is 0.118. The van der Waals surface area contributed by atoms with E-state index in [-0.39, 0.29) is 23.3 Å². The van der Waals surface area contributed by atoms with Crippen molar-refractivity contribution >= 4 is 28.5 Å². The number of benzene rings is 2. The topological polar surface area (TPSA) is 150 Å². The minimum atomic E-state index is -0.924. The van der Waals surface area contributed by atoms with Gasteiger partial charge in [-0.2, -0.15) is 0 Å². The van der Waals surface area contributed by atoms with Crippen molar-refractivity contribution in [3.05, 3.63) is 78.8 Å². The fourth-order valence-electron chi connectivity index (χ4n) is 2.62. The first kappa shape index (κ1) is 18.8. The van der Waals surface area contributed by atoms with Crippen LogP contribution in [0.2, 0.25) is 0 Å². The SMILES string of the molecule is COC(=O)N(NCc1cc([N+](=O)[O-])cc2[nH]c(=O)c(=O)[nH]c12)c1ccccc1. The average Bonchev–Trinajstić information content (AvgIpc) is 2.69. The number of ether oxygens (including phenoxy) is 1. The Balaban J connectivity index is 2.03. The van der Waals surface area contributed by atoms with Gasteiger partial charge in [0.2, 0.25) is 0 Å². The van der Waals surface area contributed by atoms with Crippen LogP contribution in [0.15, 0.2) is 52.1 Å². The summed E-state index contributed by atoms with van der Waals surface area (Å²) in [6.07, 6.45) is -0.706. The molecular formula is C17H15N5O6. The van der Waals surface area contributed by atoms with Crippen LogP contribution in [0.25, 0.3) is 11.0 Å². The standard InChI is InChI=1S/C17H15N5O6/c1-28-17(25)21(11-5-3-2-4-6-11)18-9-10-7-12(22(26)27)8-13-14(10)20-16(24)15(23)19-13/h2-8,18H,9H2,1H3,(H,19,23)(H,20,24). The third kappa shape index (κ3) is 3.73. The highest BCUT2D eigenvalue weighted by atomic mass is 16.6. The van der Waals surface area contributed by atoms with Crippen molar-refractivity contribution in [3.63, 3.8) is 0 Å². The molecule has 0 aliphatic heterocycles. The Morgan fingerprint density at radius 3 is 2.50 bits per heavy atom. The Bertz CT molecular complexity index is 1150. The van der Waals surface area contributed by atoms with E-state index in [2.05, 4.69) is 15.4 Å². The molecule has 11 heteroatoms. The number of nitrogens with zero attached hydrogens (tertiary/aromatic N) is 2. The zero-order valence-electron chi connectivity index (χ0n) is 14.6. The number of nitro benzene ring substituents is 1. The van der Waals surface area contributed by atoms with Gasteiger partial charge < -0.3 is 14.7 Å². The number of anilines is 1. The molecule has 0 unspecified atom stereocenters. The molecule has 11 nitrogen and oxygen atoms in total. The van der Waals surface area contributed by atoms with E-state index < -0.39 is 22.1 Å². The van der Waals surface area contributed by atoms with Crippen molar-refractivity contribution in [3.8, 4) is 0 Å². The summed E-state index contributed by atoms with van der Waals surface area (Å²) in [6, 6.07) is 10.9. The number of para-hydroxylation sites is 1. The quantitative estimate of drug-likeness (QED) is 0.341. The van der Waals surface area contributed by atoms with Crippen LogP contribution in [0.4, 0.5) is 16.2 Å². The maximum atomic E-state index is 12.1. The summed E-state index contributed by atoms with van der Waals surface area (Å²) in [5.41, 5.74) is 1.80. The molecule has 1 heterocycles. The van der Waals surface area contributed by atoms with Gasteiger partial charge in [-0.25, -0.2) is 15.2 Å². The van der Waals surface area contributed by atoms with Crippen LogP contribution in [0.1, 0.15) is 5.56 Å². The molecule has 28 heavy (non-hydrogen) atoms. The summed E-state index contributed by atoms with van der Waals surface area (Å²) in [7, 11) is 1.21. The molecule has 3 rings (SSSR count). The van der Waals surface area contributed by atoms with Crippen LogP contribution >= 0.6 is 0 Å². The van der Waals surface area contributed by atoms with Crippen molar-refractivity contribution in [1.82, 2.24) is 15.4 Å². The number of hydrogen-bond acceptors (Lipinski definition) is 7. The molecule has 3 N–H and O–H groups in total. The lowest BCUT2D eigenvalue weighted by molar-refractivity contribution is -0.384. The third-order valence-corrected chi connectivity index (χ3v) is 3.91. The number of rotatable bonds is 5. The summed E-state index contributed by atoms with van der Waals surface area (Å²) < 4.78 is 4.75. The van der Waals surface area contributed by atoms with E-state index in [4.69, 9.17) is 4.74 Å². The highest BCUT2D eigenvalue weighted by molar-refractivity contribution is 5.86. The highest BCUT2D eigenvalue weighted by Crippen LogP contribution is 2.22. The smallest absolute Gasteiger partial charge is 0.428 e. The minimum absolute atomic E-state index is 0.0792. The maximum absolute atomic E-state index is 12.1. The number of hydrogen-bond donors (Lipinski definition) is 3. The molecule has 0 saturated carbocycles. The van der Waals surface area contributed by atoms with E-state index in [1.165, 1.54) is 13.2 Å². The van der Waals surface area contributed by atoms with Gasteiger partial charge in [0.15, 0.2) is 0 Å². The van der Waals surface area contributed by atoms with Crippen LogP contribution < -0.4 is 21.6 Å². The second kappa shape index (κ2) is 7.72. The molecule has 2 aromatic carbocycles. The number of non-ortho nitro benzene ring substituents is 1. The number of carbonyl (C=O) groups excluding carboxylic acids is 1. The normalized spacial score (nSPS) is 10.6. The number of aromatic nitrogens is 2. The molecule has 3 aromatic rings. The van der Waals surface area contributed by atoms with Gasteiger partial charge in [0.1, 0.15) is 0 Å². The number of amides is 1. The summed E-state index contributed by atoms with van der Waals surface area (Å²) in [5.74, 6) is 0. The van der Waals surface area contributed by atoms with Crippen LogP contribution in [0.3, 0.4) is 0 Å². The van der Waals surface area contributed by atoms with E-state index in [1.807, 2.05) is 0 Å². The van der Waals surface area contributed by atoms with Crippen molar-refractivity contribution in [2.75, 3.05) is 12.1 Å². The molecule has 0 aliphatic carbocycles. The van der Waals surface area contributed by atoms with Gasteiger partial charge in [0.25, 0.3) is 5.69 Å². The molecule has 0 spiro atoms. The van der Waals surface area contributed by atoms with Gasteiger partial charge >= 0.3 is 17.2 Å². The van der Waals surface area contributed by atoms with E-state index in [0.29, 0.717) is 11.3 Å². The first-order valence-corrected chi connectivity index (χ1v) is 8.01. The Hall–Kier alpha value is -3.99. The lowest BCUT2D eigenvalue weighted by atomic mass is 10.1. The molecule has 1 amide bonds. The number of nitro groups is 1. The Labute approximate surface area is 156 Å². The first-order chi connectivity index (χ1) is 13.4. The zero-order valence-corrected chi connectivity index (χ0v) is 14.6. The lowest BCUT2D eigenvalue weighted by Gasteiger charge is -2.22. The molecule has 0 aliphatic rings. The highest BCUT2D eigenvalue weighted by Gasteiger charge is 2.18. The van der Waals surface area contributed by atoms with Gasteiger partial charge in [0.05, 0.1) is 28.8 Å². The van der Waals surface area contributed by atoms with E-state index in [9.17, 15) is 24.5 Å². The van der Waals surface area contributed by atoms with Gasteiger partial charge in [0, 0.05) is 24.2 Å². The third-order valence-electron chi connectivity index (χ3n) is 3.91. The number of carbonyl (C=O) groups is 1. The second-order valence-electron chi connectivity index (χ2n) is 5.67. The number of aromatic amines is 2. The predicted octanol–water partition coefficient (Wildman–Crippen LogP) is 1.40. The predicted molar refractivity (Wildman–Crippen MR) is 100 cm³/mol. The van der Waals surface area contributed by atoms with E-state index >= 15 is 0 Å². The second-order valence-corrected chi connectivity index (χ2v) is 5.67. The van der Waals surface area contributed by atoms with Gasteiger partial charge in [-0.05, 0) is 12.1 Å². The summed E-state index contributed by atoms with van der Waals surface area (Å²) in [4.78, 5) is 50.6. The minimum Gasteiger partial charge on any atom is -0.452 e. The Morgan fingerprint density at radius 1 is 1.18 bits per heavy atom. The number of fused-ring (bicyclic) bond motifs is 1. The van der Waals surface area contributed by atoms with Gasteiger partial charge in [-0.3, -0.25) is 19.7 Å². The molecule has 0 radical (unpaired) electrons. The maximum Gasteiger partial charge on any atom is 0.428 e. The van der Waals surface area contributed by atoms with E-state index in [1.54, 1.807) is 30.3 Å². The zero-order chi connectivity index (χ0) is 20.3. The van der Waals surface area contributed by atoms with Crippen molar-refractivity contribution in [1.29, 1.82) is 0 Å². The monoisotopic (exact) mass is 385 g/mol. The number of H-pyrrole nitrogens is 2. The van der Waals surface area contributed by atoms with Crippen LogP contribution in [-0.4, -0.2) is 28.1 Å². The van der Waals surface area contributed by atoms with Crippen molar-refractivity contribution in [2.45, 2.75) is 6.54 Å². The summed E-state index contributed by atoms with van der Waals surface area (Å²) >= 11 is 0. The van der Waals surface area contributed by atoms with Crippen molar-refractivity contribution in [2.24, 2.45) is 0 Å². The largest absolute Gasteiger partial charge is 0.452 e. The molecule has 0 atom stereocenters.